The highest BCUT2D eigenvalue weighted by Crippen LogP contribution is 2.52. The van der Waals surface area contributed by atoms with Gasteiger partial charge in [0.1, 0.15) is 23.0 Å². The third kappa shape index (κ3) is 22.5. The second-order valence-electron chi connectivity index (χ2n) is 34.4. The topological polar surface area (TPSA) is 269 Å². The number of ketones is 1. The number of fused-ring (bicyclic) bond motifs is 4. The number of hydrogen-bond donors (Lipinski definition) is 1. The maximum Gasteiger partial charge on any atom is 0.417 e. The molecule has 8 heterocycles. The molecule has 8 aromatic carbocycles. The molecule has 0 spiro atoms. The molecule has 0 radical (unpaired) electrons. The Bertz CT molecular complexity index is 6270. The molecule has 36 heteroatoms. The van der Waals surface area contributed by atoms with E-state index < -0.39 is 117 Å². The summed E-state index contributed by atoms with van der Waals surface area (Å²) in [4.78, 5) is 63.1. The Morgan fingerprint density at radius 3 is 0.868 bits per heavy atom. The number of halogens is 12. The van der Waals surface area contributed by atoms with Crippen molar-refractivity contribution in [3.05, 3.63) is 260 Å². The van der Waals surface area contributed by atoms with E-state index in [4.69, 9.17) is 37.9 Å². The number of benzene rings is 8. The first-order valence-electron chi connectivity index (χ1n) is 43.2. The van der Waals surface area contributed by atoms with Crippen LogP contribution in [-0.2, 0) is 98.0 Å². The molecule has 136 heavy (non-hydrogen) atoms. The van der Waals surface area contributed by atoms with Crippen LogP contribution in [0.2, 0.25) is 0 Å². The second-order valence-corrected chi connectivity index (χ2v) is 34.4. The smallest absolute Gasteiger partial charge is 0.417 e. The number of ether oxygens (including phenoxy) is 10. The van der Waals surface area contributed by atoms with Crippen molar-refractivity contribution in [1.82, 2.24) is 39.1 Å². The fraction of sp³-hybridized carbons (Fsp3) is 0.350. The molecule has 1 N–H and O–H groups in total. The molecule has 0 aliphatic carbocycles. The van der Waals surface area contributed by atoms with Gasteiger partial charge in [-0.1, -0.05) is 24.3 Å². The standard InChI is InChI=1S/2C27H29F3N2O4.C23H21F3N2O4.C23H19F3N2O4/c2*1-16-12-13-32(31-16)20-10-9-19(27(28,29)30)23(24(25(33)34-5)36-26(2,3)4)22(20)18-8-11-21-17(15-18)7-6-14-35-21;2*1-13-9-10-28(27-13)17-7-6-16(23(24,25)26)20(21(29)22(30)31-2)19(17)15-5-8-18-14(12-15)4-3-11-32-18/h2*8-13,15,24H,6-7,14H2,1-5H3;5-10,12,21,29H,3-4,11H2,1-2H3;5-10,12H,3-4,11H2,1-2H3. The Balaban J connectivity index is 0.000000154. The molecular weight excluding hydrogens is 1800 g/mol. The first-order chi connectivity index (χ1) is 64.2. The molecule has 0 amide bonds. The molecule has 3 unspecified atom stereocenters. The molecule has 0 saturated heterocycles. The van der Waals surface area contributed by atoms with Crippen molar-refractivity contribution in [3.63, 3.8) is 0 Å². The van der Waals surface area contributed by atoms with Gasteiger partial charge < -0.3 is 52.5 Å². The fourth-order valence-electron chi connectivity index (χ4n) is 16.5. The summed E-state index contributed by atoms with van der Waals surface area (Å²) in [6.07, 6.45) is -12.1. The van der Waals surface area contributed by atoms with Gasteiger partial charge in [0.2, 0.25) is 0 Å². The van der Waals surface area contributed by atoms with E-state index in [2.05, 4.69) is 29.9 Å². The molecule has 0 saturated carbocycles. The number of rotatable bonds is 18. The van der Waals surface area contributed by atoms with Crippen molar-refractivity contribution >= 4 is 29.7 Å². The Hall–Kier alpha value is -13.6. The van der Waals surface area contributed by atoms with Crippen LogP contribution in [0.4, 0.5) is 52.7 Å². The lowest BCUT2D eigenvalue weighted by atomic mass is 9.88. The van der Waals surface area contributed by atoms with Crippen LogP contribution < -0.4 is 18.9 Å². The first-order valence-corrected chi connectivity index (χ1v) is 43.2. The molecule has 0 bridgehead atoms. The van der Waals surface area contributed by atoms with Crippen molar-refractivity contribution in [2.24, 2.45) is 0 Å². The number of aromatic nitrogens is 8. The van der Waals surface area contributed by atoms with Crippen molar-refractivity contribution in [2.45, 2.75) is 175 Å². The Morgan fingerprint density at radius 2 is 0.610 bits per heavy atom. The minimum absolute atomic E-state index is 0.0494. The quantitative estimate of drug-likeness (QED) is 0.0275. The molecule has 12 aromatic rings. The second kappa shape index (κ2) is 40.5. The van der Waals surface area contributed by atoms with E-state index in [1.165, 1.54) is 43.0 Å². The van der Waals surface area contributed by atoms with Gasteiger partial charge in [-0.3, -0.25) is 4.79 Å². The van der Waals surface area contributed by atoms with Crippen LogP contribution in [0.3, 0.4) is 0 Å². The molecule has 24 nitrogen and oxygen atoms in total. The van der Waals surface area contributed by atoms with E-state index in [0.717, 1.165) is 113 Å². The van der Waals surface area contributed by atoms with Gasteiger partial charge in [0.25, 0.3) is 5.78 Å². The fourth-order valence-corrected chi connectivity index (χ4v) is 16.5. The first kappa shape index (κ1) is 99.9. The van der Waals surface area contributed by atoms with Crippen molar-refractivity contribution in [3.8, 4) is 90.3 Å². The average molecular weight is 1900 g/mol. The molecule has 718 valence electrons. The van der Waals surface area contributed by atoms with Crippen LogP contribution in [0.25, 0.3) is 67.3 Å². The van der Waals surface area contributed by atoms with Gasteiger partial charge in [0.15, 0.2) is 18.3 Å². The maximum atomic E-state index is 14.5. The number of methoxy groups -OCH3 is 4. The lowest BCUT2D eigenvalue weighted by Gasteiger charge is -2.30. The number of nitrogens with zero attached hydrogens (tertiary/aromatic N) is 8. The Labute approximate surface area is 774 Å². The van der Waals surface area contributed by atoms with E-state index in [-0.39, 0.29) is 39.1 Å². The van der Waals surface area contributed by atoms with Crippen molar-refractivity contribution < 1.29 is 129 Å². The number of hydrogen-bond acceptors (Lipinski definition) is 20. The summed E-state index contributed by atoms with van der Waals surface area (Å²) in [5.74, 6) is -3.09. The summed E-state index contributed by atoms with van der Waals surface area (Å²) in [7, 11) is 4.22. The number of carbonyl (C=O) groups is 5. The molecule has 0 fully saturated rings. The summed E-state index contributed by atoms with van der Waals surface area (Å²) in [6.45, 7) is 19.4. The van der Waals surface area contributed by atoms with Crippen LogP contribution in [0, 0.1) is 27.7 Å². The van der Waals surface area contributed by atoms with Gasteiger partial charge in [-0.05, 0) is 286 Å². The minimum Gasteiger partial charge on any atom is -0.493 e. The van der Waals surface area contributed by atoms with Crippen LogP contribution in [0.15, 0.2) is 170 Å². The molecule has 4 aromatic heterocycles. The van der Waals surface area contributed by atoms with Gasteiger partial charge in [-0.25, -0.2) is 37.9 Å². The number of esters is 4. The third-order valence-electron chi connectivity index (χ3n) is 22.3. The predicted molar refractivity (Wildman–Crippen MR) is 475 cm³/mol. The molecule has 16 rings (SSSR count). The summed E-state index contributed by atoms with van der Waals surface area (Å²) in [5.41, 5.74) is 1.37. The van der Waals surface area contributed by atoms with Gasteiger partial charge in [-0.15, -0.1) is 0 Å². The molecule has 3 atom stereocenters. The summed E-state index contributed by atoms with van der Waals surface area (Å²) in [5, 5.41) is 28.2. The van der Waals surface area contributed by atoms with E-state index in [9.17, 15) is 81.8 Å². The summed E-state index contributed by atoms with van der Waals surface area (Å²) >= 11 is 0. The number of aryl methyl sites for hydroxylation is 8. The SMILES string of the molecule is COC(=O)C(=O)c1c(C(F)(F)F)ccc(-n2ccc(C)n2)c1-c1ccc2c(c1)CCCO2.COC(=O)C(O)c1c(C(F)(F)F)ccc(-n2ccc(C)n2)c1-c1ccc2c(c1)CCCO2.COC(=O)C(OC(C)(C)C)c1c(C(F)(F)F)ccc(-n2ccc(C)n2)c1-c1ccc2c(c1)CCCO2.COC(=O)C(OC(C)(C)C)c1c(C(F)(F)F)ccc(-n2ccc(C)n2)c1-c1ccc2c(c1)CCCO2. The van der Waals surface area contributed by atoms with Gasteiger partial charge >= 0.3 is 48.6 Å². The van der Waals surface area contributed by atoms with Crippen LogP contribution in [-0.4, -0.2) is 140 Å². The summed E-state index contributed by atoms with van der Waals surface area (Å²) in [6, 6.07) is 36.3. The number of carbonyl (C=O) groups excluding carboxylic acids is 5. The monoisotopic (exact) mass is 1890 g/mol. The highest BCUT2D eigenvalue weighted by molar-refractivity contribution is 6.42. The lowest BCUT2D eigenvalue weighted by molar-refractivity contribution is -0.167. The van der Waals surface area contributed by atoms with E-state index in [1.54, 1.807) is 179 Å². The highest BCUT2D eigenvalue weighted by atomic mass is 19.4. The molecule has 4 aliphatic rings. The minimum atomic E-state index is -4.87. The Kier molecular flexibility index (Phi) is 29.7. The zero-order valence-electron chi connectivity index (χ0n) is 76.6. The van der Waals surface area contributed by atoms with Gasteiger partial charge in [0, 0.05) is 63.7 Å². The molecular formula is C100H98F12N8O16. The zero-order chi connectivity index (χ0) is 98.6. The van der Waals surface area contributed by atoms with Crippen molar-refractivity contribution in [1.29, 1.82) is 0 Å². The number of aliphatic hydroxyl groups excluding tert-OH is 1. The van der Waals surface area contributed by atoms with Crippen molar-refractivity contribution in [2.75, 3.05) is 54.9 Å². The van der Waals surface area contributed by atoms with Crippen LogP contribution >= 0.6 is 0 Å². The van der Waals surface area contributed by atoms with E-state index in [1.807, 2.05) is 12.1 Å². The number of aliphatic hydroxyl groups is 1. The van der Waals surface area contributed by atoms with Crippen LogP contribution in [0.1, 0.15) is 180 Å². The largest absolute Gasteiger partial charge is 0.493 e. The predicted octanol–water partition coefficient (Wildman–Crippen LogP) is 21.4. The highest BCUT2D eigenvalue weighted by Gasteiger charge is 2.47. The summed E-state index contributed by atoms with van der Waals surface area (Å²) < 4.78 is 230. The average Bonchev–Trinajstić information content (AvgIpc) is 1.31. The van der Waals surface area contributed by atoms with E-state index >= 15 is 0 Å². The number of alkyl halides is 12. The van der Waals surface area contributed by atoms with Gasteiger partial charge in [-0.2, -0.15) is 73.1 Å². The van der Waals surface area contributed by atoms with Gasteiger partial charge in [0.05, 0.1) is 139 Å². The van der Waals surface area contributed by atoms with Crippen LogP contribution in [0.5, 0.6) is 23.0 Å². The Morgan fingerprint density at radius 1 is 0.346 bits per heavy atom. The zero-order valence-corrected chi connectivity index (χ0v) is 76.6. The van der Waals surface area contributed by atoms with E-state index in [0.29, 0.717) is 124 Å². The maximum absolute atomic E-state index is 14.5. The molecule has 4 aliphatic heterocycles. The third-order valence-corrected chi connectivity index (χ3v) is 22.3. The lowest BCUT2D eigenvalue weighted by Crippen LogP contribution is -2.30. The normalized spacial score (nSPS) is 14.3. The number of Topliss-reactive ketones (excluding diaryl/α,β-unsaturated/α-hetero) is 1.